The summed E-state index contributed by atoms with van der Waals surface area (Å²) in [6.45, 7) is 0.363. The Morgan fingerprint density at radius 3 is 2.33 bits per heavy atom. The van der Waals surface area contributed by atoms with Crippen molar-refractivity contribution in [3.05, 3.63) is 90.0 Å². The molecule has 5 heteroatoms. The number of ether oxygens (including phenoxy) is 1. The van der Waals surface area contributed by atoms with E-state index in [9.17, 15) is 9.18 Å². The Kier molecular flexibility index (Phi) is 4.81. The van der Waals surface area contributed by atoms with Gasteiger partial charge in [0.05, 0.1) is 5.56 Å². The highest BCUT2D eigenvalue weighted by atomic mass is 19.1. The number of nitrogens with zero attached hydrogens (tertiary/aromatic N) is 1. The van der Waals surface area contributed by atoms with Crippen molar-refractivity contribution in [2.45, 2.75) is 6.54 Å². The standard InChI is InChI=1S/C19H15FN2O2/c20-18-11-8-15(13-21-18)19(23)22-12-14-6-9-17(10-7-14)24-16-4-2-1-3-5-16/h1-11,13H,12H2,(H,22,23). The zero-order valence-corrected chi connectivity index (χ0v) is 12.8. The van der Waals surface area contributed by atoms with Crippen LogP contribution in [0.1, 0.15) is 15.9 Å². The summed E-state index contributed by atoms with van der Waals surface area (Å²) in [6.07, 6.45) is 1.21. The lowest BCUT2D eigenvalue weighted by atomic mass is 10.2. The van der Waals surface area contributed by atoms with E-state index < -0.39 is 5.95 Å². The number of hydrogen-bond acceptors (Lipinski definition) is 3. The van der Waals surface area contributed by atoms with Gasteiger partial charge >= 0.3 is 0 Å². The van der Waals surface area contributed by atoms with E-state index in [0.717, 1.165) is 23.1 Å². The van der Waals surface area contributed by atoms with Gasteiger partial charge in [-0.05, 0) is 42.0 Å². The van der Waals surface area contributed by atoms with Crippen molar-refractivity contribution in [3.8, 4) is 11.5 Å². The second-order valence-corrected chi connectivity index (χ2v) is 5.11. The number of pyridine rings is 1. The molecule has 24 heavy (non-hydrogen) atoms. The third kappa shape index (κ3) is 4.16. The van der Waals surface area contributed by atoms with Crippen LogP contribution in [0.5, 0.6) is 11.5 Å². The molecular formula is C19H15FN2O2. The normalized spacial score (nSPS) is 10.2. The maximum absolute atomic E-state index is 12.7. The van der Waals surface area contributed by atoms with Gasteiger partial charge in [-0.15, -0.1) is 0 Å². The molecule has 1 N–H and O–H groups in total. The fourth-order valence-corrected chi connectivity index (χ4v) is 2.09. The summed E-state index contributed by atoms with van der Waals surface area (Å²) in [5.74, 6) is 0.578. The minimum atomic E-state index is -0.611. The Morgan fingerprint density at radius 2 is 1.67 bits per heavy atom. The molecule has 0 aliphatic heterocycles. The van der Waals surface area contributed by atoms with Crippen LogP contribution in [0.2, 0.25) is 0 Å². The van der Waals surface area contributed by atoms with Crippen molar-refractivity contribution in [3.63, 3.8) is 0 Å². The van der Waals surface area contributed by atoms with Gasteiger partial charge in [-0.2, -0.15) is 4.39 Å². The number of amides is 1. The predicted octanol–water partition coefficient (Wildman–Crippen LogP) is 3.94. The van der Waals surface area contributed by atoms with Gasteiger partial charge in [0.25, 0.3) is 5.91 Å². The third-order valence-corrected chi connectivity index (χ3v) is 3.34. The first-order valence-corrected chi connectivity index (χ1v) is 7.42. The number of para-hydroxylation sites is 1. The summed E-state index contributed by atoms with van der Waals surface area (Å²) in [6, 6.07) is 19.5. The average Bonchev–Trinajstić information content (AvgIpc) is 2.62. The number of halogens is 1. The monoisotopic (exact) mass is 322 g/mol. The molecule has 1 heterocycles. The van der Waals surface area contributed by atoms with Gasteiger partial charge in [0.1, 0.15) is 11.5 Å². The number of aromatic nitrogens is 1. The first-order chi connectivity index (χ1) is 11.7. The smallest absolute Gasteiger partial charge is 0.253 e. The van der Waals surface area contributed by atoms with Gasteiger partial charge in [0.2, 0.25) is 5.95 Å². The Bertz CT molecular complexity index is 803. The topological polar surface area (TPSA) is 51.2 Å². The molecule has 3 aromatic rings. The predicted molar refractivity (Wildman–Crippen MR) is 88.3 cm³/mol. The molecule has 0 aliphatic rings. The van der Waals surface area contributed by atoms with E-state index in [0.29, 0.717) is 12.1 Å². The largest absolute Gasteiger partial charge is 0.457 e. The number of rotatable bonds is 5. The van der Waals surface area contributed by atoms with Gasteiger partial charge < -0.3 is 10.1 Å². The van der Waals surface area contributed by atoms with E-state index in [1.807, 2.05) is 54.6 Å². The number of carbonyl (C=O) groups excluding carboxylic acids is 1. The van der Waals surface area contributed by atoms with Gasteiger partial charge in [-0.1, -0.05) is 30.3 Å². The Labute approximate surface area is 138 Å². The van der Waals surface area contributed by atoms with Crippen molar-refractivity contribution in [1.29, 1.82) is 0 Å². The van der Waals surface area contributed by atoms with Crippen LogP contribution in [0.3, 0.4) is 0 Å². The molecule has 1 aromatic heterocycles. The van der Waals surface area contributed by atoms with E-state index >= 15 is 0 Å². The Morgan fingerprint density at radius 1 is 0.958 bits per heavy atom. The van der Waals surface area contributed by atoms with Gasteiger partial charge in [0, 0.05) is 12.7 Å². The van der Waals surface area contributed by atoms with E-state index in [1.54, 1.807) is 0 Å². The summed E-state index contributed by atoms with van der Waals surface area (Å²) < 4.78 is 18.4. The number of hydrogen-bond donors (Lipinski definition) is 1. The van der Waals surface area contributed by atoms with Crippen molar-refractivity contribution in [2.24, 2.45) is 0 Å². The molecule has 0 saturated carbocycles. The van der Waals surface area contributed by atoms with Crippen molar-refractivity contribution in [1.82, 2.24) is 10.3 Å². The number of benzene rings is 2. The fraction of sp³-hybridized carbons (Fsp3) is 0.0526. The molecule has 1 amide bonds. The summed E-state index contributed by atoms with van der Waals surface area (Å²) in [4.78, 5) is 15.4. The van der Waals surface area contributed by atoms with Crippen molar-refractivity contribution < 1.29 is 13.9 Å². The zero-order chi connectivity index (χ0) is 16.8. The number of nitrogens with one attached hydrogen (secondary N) is 1. The molecule has 120 valence electrons. The molecule has 0 radical (unpaired) electrons. The molecule has 0 spiro atoms. The molecule has 3 rings (SSSR count). The van der Waals surface area contributed by atoms with Gasteiger partial charge in [0.15, 0.2) is 0 Å². The third-order valence-electron chi connectivity index (χ3n) is 3.34. The summed E-state index contributed by atoms with van der Waals surface area (Å²) in [5.41, 5.74) is 1.25. The van der Waals surface area contributed by atoms with Gasteiger partial charge in [-0.25, -0.2) is 4.98 Å². The second-order valence-electron chi connectivity index (χ2n) is 5.11. The highest BCUT2D eigenvalue weighted by Crippen LogP contribution is 2.21. The van der Waals surface area contributed by atoms with Crippen LogP contribution in [0.15, 0.2) is 72.9 Å². The fourth-order valence-electron chi connectivity index (χ4n) is 2.09. The minimum Gasteiger partial charge on any atom is -0.457 e. The molecule has 0 fully saturated rings. The quantitative estimate of drug-likeness (QED) is 0.724. The SMILES string of the molecule is O=C(NCc1ccc(Oc2ccccc2)cc1)c1ccc(F)nc1. The molecular weight excluding hydrogens is 307 g/mol. The van der Waals surface area contributed by atoms with Crippen LogP contribution in [0.4, 0.5) is 4.39 Å². The maximum atomic E-state index is 12.7. The number of carbonyl (C=O) groups is 1. The molecule has 0 saturated heterocycles. The van der Waals surface area contributed by atoms with E-state index in [4.69, 9.17) is 4.74 Å². The van der Waals surface area contributed by atoms with E-state index in [-0.39, 0.29) is 5.91 Å². The summed E-state index contributed by atoms with van der Waals surface area (Å²) in [5, 5.41) is 2.76. The highest BCUT2D eigenvalue weighted by Gasteiger charge is 2.06. The van der Waals surface area contributed by atoms with Crippen LogP contribution >= 0.6 is 0 Å². The van der Waals surface area contributed by atoms with Crippen LogP contribution in [0, 0.1) is 5.95 Å². The summed E-state index contributed by atoms with van der Waals surface area (Å²) in [7, 11) is 0. The lowest BCUT2D eigenvalue weighted by molar-refractivity contribution is 0.0950. The highest BCUT2D eigenvalue weighted by molar-refractivity contribution is 5.93. The lowest BCUT2D eigenvalue weighted by Gasteiger charge is -2.08. The van der Waals surface area contributed by atoms with Crippen molar-refractivity contribution in [2.75, 3.05) is 0 Å². The molecule has 0 unspecified atom stereocenters. The van der Waals surface area contributed by atoms with Crippen LogP contribution in [-0.2, 0) is 6.54 Å². The molecule has 0 bridgehead atoms. The molecule has 4 nitrogen and oxygen atoms in total. The second kappa shape index (κ2) is 7.37. The Hall–Kier alpha value is -3.21. The van der Waals surface area contributed by atoms with Crippen molar-refractivity contribution >= 4 is 5.91 Å². The first kappa shape index (κ1) is 15.7. The lowest BCUT2D eigenvalue weighted by Crippen LogP contribution is -2.22. The molecule has 0 atom stereocenters. The average molecular weight is 322 g/mol. The van der Waals surface area contributed by atoms with Crippen LogP contribution in [-0.4, -0.2) is 10.9 Å². The maximum Gasteiger partial charge on any atom is 0.253 e. The molecule has 2 aromatic carbocycles. The minimum absolute atomic E-state index is 0.299. The molecule has 0 aliphatic carbocycles. The summed E-state index contributed by atoms with van der Waals surface area (Å²) >= 11 is 0. The van der Waals surface area contributed by atoms with Gasteiger partial charge in [-0.3, -0.25) is 4.79 Å². The zero-order valence-electron chi connectivity index (χ0n) is 12.8. The van der Waals surface area contributed by atoms with Crippen LogP contribution < -0.4 is 10.1 Å². The van der Waals surface area contributed by atoms with E-state index in [2.05, 4.69) is 10.3 Å². The van der Waals surface area contributed by atoms with E-state index in [1.165, 1.54) is 12.3 Å². The Balaban J connectivity index is 1.56. The first-order valence-electron chi connectivity index (χ1n) is 7.42. The van der Waals surface area contributed by atoms with Crippen LogP contribution in [0.25, 0.3) is 0 Å².